The van der Waals surface area contributed by atoms with Crippen LogP contribution in [0.3, 0.4) is 0 Å². The Kier molecular flexibility index (Phi) is 5.78. The molecule has 0 bridgehead atoms. The molecule has 0 saturated heterocycles. The van der Waals surface area contributed by atoms with Gasteiger partial charge in [0.1, 0.15) is 17.1 Å². The molecule has 1 amide bonds. The van der Waals surface area contributed by atoms with Crippen LogP contribution in [0.25, 0.3) is 27.7 Å². The fraction of sp³-hybridized carbons (Fsp3) is 0.0800. The zero-order valence-corrected chi connectivity index (χ0v) is 17.7. The number of furan rings is 1. The number of nitrogens with one attached hydrogen (secondary N) is 1. The largest absolute Gasteiger partial charge is 0.496 e. The molecule has 4 aromatic rings. The van der Waals surface area contributed by atoms with E-state index in [1.54, 1.807) is 55.8 Å². The molecule has 1 heterocycles. The summed E-state index contributed by atoms with van der Waals surface area (Å²) >= 11 is 5.88. The predicted octanol–water partition coefficient (Wildman–Crippen LogP) is 6.94. The van der Waals surface area contributed by atoms with Gasteiger partial charge in [-0.3, -0.25) is 4.79 Å². The highest BCUT2D eigenvalue weighted by Crippen LogP contribution is 2.37. The Morgan fingerprint density at radius 2 is 1.81 bits per heavy atom. The van der Waals surface area contributed by atoms with E-state index in [2.05, 4.69) is 5.32 Å². The van der Waals surface area contributed by atoms with Gasteiger partial charge in [-0.15, -0.1) is 0 Å². The Hall–Kier alpha value is -3.57. The topological polar surface area (TPSA) is 51.5 Å². The van der Waals surface area contributed by atoms with Gasteiger partial charge in [-0.25, -0.2) is 4.39 Å². The molecule has 4 nitrogen and oxygen atoms in total. The van der Waals surface area contributed by atoms with E-state index in [4.69, 9.17) is 20.8 Å². The van der Waals surface area contributed by atoms with Crippen molar-refractivity contribution in [2.75, 3.05) is 12.4 Å². The van der Waals surface area contributed by atoms with E-state index in [9.17, 15) is 9.18 Å². The molecule has 0 spiro atoms. The van der Waals surface area contributed by atoms with Gasteiger partial charge >= 0.3 is 0 Å². The summed E-state index contributed by atoms with van der Waals surface area (Å²) in [5.41, 5.74) is 4.42. The maximum absolute atomic E-state index is 13.3. The average molecular weight is 436 g/mol. The number of carbonyl (C=O) groups is 1. The fourth-order valence-electron chi connectivity index (χ4n) is 3.37. The summed E-state index contributed by atoms with van der Waals surface area (Å²) in [6.07, 6.45) is 3.14. The van der Waals surface area contributed by atoms with Crippen molar-refractivity contribution in [3.05, 3.63) is 89.4 Å². The average Bonchev–Trinajstić information content (AvgIpc) is 3.17. The van der Waals surface area contributed by atoms with Gasteiger partial charge in [0.2, 0.25) is 5.91 Å². The SMILES string of the molecule is COc1cc2occ(-c3ccc(F)cc3)c2cc1/C(C)=C/C(=O)Nc1ccc(Cl)cc1. The van der Waals surface area contributed by atoms with Crippen LogP contribution in [-0.4, -0.2) is 13.0 Å². The first-order chi connectivity index (χ1) is 14.9. The number of hydrogen-bond acceptors (Lipinski definition) is 3. The number of amides is 1. The van der Waals surface area contributed by atoms with E-state index in [0.717, 1.165) is 27.6 Å². The zero-order valence-electron chi connectivity index (χ0n) is 16.9. The third kappa shape index (κ3) is 4.47. The molecule has 0 aliphatic rings. The van der Waals surface area contributed by atoms with Crippen molar-refractivity contribution < 1.29 is 18.3 Å². The molecule has 0 aliphatic carbocycles. The first-order valence-electron chi connectivity index (χ1n) is 9.55. The minimum atomic E-state index is -0.301. The lowest BCUT2D eigenvalue weighted by molar-refractivity contribution is -0.111. The molecule has 0 fully saturated rings. The van der Waals surface area contributed by atoms with Gasteiger partial charge in [0.05, 0.1) is 13.4 Å². The normalized spacial score (nSPS) is 11.5. The van der Waals surface area contributed by atoms with Gasteiger partial charge in [-0.1, -0.05) is 23.7 Å². The van der Waals surface area contributed by atoms with Gasteiger partial charge in [-0.05, 0) is 60.5 Å². The Balaban J connectivity index is 1.70. The van der Waals surface area contributed by atoms with Crippen LogP contribution >= 0.6 is 11.6 Å². The molecule has 3 aromatic carbocycles. The molecule has 4 rings (SSSR count). The Morgan fingerprint density at radius 3 is 2.48 bits per heavy atom. The second-order valence-electron chi connectivity index (χ2n) is 7.03. The molecule has 1 N–H and O–H groups in total. The van der Waals surface area contributed by atoms with E-state index >= 15 is 0 Å². The number of carbonyl (C=O) groups excluding carboxylic acids is 1. The summed E-state index contributed by atoms with van der Waals surface area (Å²) < 4.78 is 24.5. The number of hydrogen-bond donors (Lipinski definition) is 1. The lowest BCUT2D eigenvalue weighted by Gasteiger charge is -2.10. The van der Waals surface area contributed by atoms with Gasteiger partial charge in [-0.2, -0.15) is 0 Å². The maximum Gasteiger partial charge on any atom is 0.248 e. The molecular formula is C25H19ClFNO3. The molecule has 0 aliphatic heterocycles. The number of allylic oxidation sites excluding steroid dienone is 1. The van der Waals surface area contributed by atoms with Crippen LogP contribution in [0.1, 0.15) is 12.5 Å². The second kappa shape index (κ2) is 8.66. The van der Waals surface area contributed by atoms with Crippen LogP contribution in [0.4, 0.5) is 10.1 Å². The van der Waals surface area contributed by atoms with E-state index < -0.39 is 0 Å². The van der Waals surface area contributed by atoms with Crippen molar-refractivity contribution >= 4 is 39.7 Å². The molecular weight excluding hydrogens is 417 g/mol. The van der Waals surface area contributed by atoms with E-state index in [0.29, 0.717) is 22.0 Å². The summed E-state index contributed by atoms with van der Waals surface area (Å²) in [5, 5.41) is 4.25. The van der Waals surface area contributed by atoms with Gasteiger partial charge < -0.3 is 14.5 Å². The number of anilines is 1. The van der Waals surface area contributed by atoms with Crippen molar-refractivity contribution in [1.82, 2.24) is 0 Å². The fourth-order valence-corrected chi connectivity index (χ4v) is 3.50. The van der Waals surface area contributed by atoms with Crippen LogP contribution in [-0.2, 0) is 4.79 Å². The quantitative estimate of drug-likeness (QED) is 0.345. The third-order valence-electron chi connectivity index (χ3n) is 4.94. The Morgan fingerprint density at radius 1 is 1.10 bits per heavy atom. The van der Waals surface area contributed by atoms with E-state index in [-0.39, 0.29) is 11.7 Å². The number of halogens is 2. The third-order valence-corrected chi connectivity index (χ3v) is 5.19. The highest BCUT2D eigenvalue weighted by atomic mass is 35.5. The van der Waals surface area contributed by atoms with Crippen molar-refractivity contribution in [2.45, 2.75) is 6.92 Å². The molecule has 6 heteroatoms. The zero-order chi connectivity index (χ0) is 22.0. The van der Waals surface area contributed by atoms with Crippen molar-refractivity contribution in [1.29, 1.82) is 0 Å². The highest BCUT2D eigenvalue weighted by Gasteiger charge is 2.15. The summed E-state index contributed by atoms with van der Waals surface area (Å²) in [5.74, 6) is 0.0119. The van der Waals surface area contributed by atoms with Crippen molar-refractivity contribution in [3.8, 4) is 16.9 Å². The standard InChI is InChI=1S/C25H19ClFNO3/c1-15(11-25(29)28-19-9-5-17(26)6-10-19)20-12-21-22(16-3-7-18(27)8-4-16)14-31-24(21)13-23(20)30-2/h3-14H,1-2H3,(H,28,29)/b15-11+. The summed E-state index contributed by atoms with van der Waals surface area (Å²) in [4.78, 5) is 12.5. The maximum atomic E-state index is 13.3. The number of fused-ring (bicyclic) bond motifs is 1. The van der Waals surface area contributed by atoms with Crippen LogP contribution < -0.4 is 10.1 Å². The van der Waals surface area contributed by atoms with Crippen LogP contribution in [0.15, 0.2) is 77.4 Å². The smallest absolute Gasteiger partial charge is 0.248 e. The highest BCUT2D eigenvalue weighted by molar-refractivity contribution is 6.30. The lowest BCUT2D eigenvalue weighted by Crippen LogP contribution is -2.08. The predicted molar refractivity (Wildman–Crippen MR) is 122 cm³/mol. The molecule has 31 heavy (non-hydrogen) atoms. The minimum absolute atomic E-state index is 0.270. The Labute approximate surface area is 183 Å². The monoisotopic (exact) mass is 435 g/mol. The first kappa shape index (κ1) is 20.7. The summed E-state index contributed by atoms with van der Waals surface area (Å²) in [7, 11) is 1.57. The number of methoxy groups -OCH3 is 1. The van der Waals surface area contributed by atoms with Crippen LogP contribution in [0.2, 0.25) is 5.02 Å². The van der Waals surface area contributed by atoms with Gasteiger partial charge in [0, 0.05) is 39.4 Å². The second-order valence-corrected chi connectivity index (χ2v) is 7.46. The minimum Gasteiger partial charge on any atom is -0.496 e. The number of ether oxygens (including phenoxy) is 1. The number of rotatable bonds is 5. The Bertz CT molecular complexity index is 1270. The molecule has 0 radical (unpaired) electrons. The molecule has 0 atom stereocenters. The van der Waals surface area contributed by atoms with Crippen LogP contribution in [0.5, 0.6) is 5.75 Å². The first-order valence-corrected chi connectivity index (χ1v) is 9.93. The van der Waals surface area contributed by atoms with Crippen molar-refractivity contribution in [2.24, 2.45) is 0 Å². The van der Waals surface area contributed by atoms with Crippen LogP contribution in [0, 0.1) is 5.82 Å². The molecule has 0 saturated carbocycles. The van der Waals surface area contributed by atoms with Crippen molar-refractivity contribution in [3.63, 3.8) is 0 Å². The number of benzene rings is 3. The lowest BCUT2D eigenvalue weighted by atomic mass is 9.99. The van der Waals surface area contributed by atoms with E-state index in [1.807, 2.05) is 13.0 Å². The molecule has 156 valence electrons. The van der Waals surface area contributed by atoms with E-state index in [1.165, 1.54) is 18.2 Å². The summed E-state index contributed by atoms with van der Waals surface area (Å²) in [6.45, 7) is 1.84. The summed E-state index contributed by atoms with van der Waals surface area (Å²) in [6, 6.07) is 16.8. The van der Waals surface area contributed by atoms with Gasteiger partial charge in [0.25, 0.3) is 0 Å². The molecule has 0 unspecified atom stereocenters. The van der Waals surface area contributed by atoms with Gasteiger partial charge in [0.15, 0.2) is 0 Å². The molecule has 1 aromatic heterocycles.